The molecule has 0 radical (unpaired) electrons. The van der Waals surface area contributed by atoms with Gasteiger partial charge < -0.3 is 9.31 Å². The Labute approximate surface area is 64.7 Å². The van der Waals surface area contributed by atoms with Crippen molar-refractivity contribution in [1.29, 1.82) is 0 Å². The first-order valence-electron chi connectivity index (χ1n) is 3.47. The summed E-state index contributed by atoms with van der Waals surface area (Å²) < 4.78 is 10.4. The summed E-state index contributed by atoms with van der Waals surface area (Å²) in [7, 11) is -0.302. The Morgan fingerprint density at radius 3 is 2.82 bits per heavy atom. The number of hydrogen-bond donors (Lipinski definition) is 0. The lowest BCUT2D eigenvalue weighted by Gasteiger charge is -1.99. The SMILES string of the molecule is c1cnnc(B2OCCO2)c1. The monoisotopic (exact) mass is 150 g/mol. The normalized spacial score (nSPS) is 17.3. The van der Waals surface area contributed by atoms with Gasteiger partial charge in [0.25, 0.3) is 0 Å². The van der Waals surface area contributed by atoms with E-state index in [1.165, 1.54) is 0 Å². The number of nitrogens with zero attached hydrogens (tertiary/aromatic N) is 2. The summed E-state index contributed by atoms with van der Waals surface area (Å²) in [5.41, 5.74) is 0.741. The molecule has 0 saturated carbocycles. The average Bonchev–Trinajstić information content (AvgIpc) is 2.58. The highest BCUT2D eigenvalue weighted by atomic mass is 16.6. The Balaban J connectivity index is 2.16. The fourth-order valence-corrected chi connectivity index (χ4v) is 0.968. The molecule has 11 heavy (non-hydrogen) atoms. The molecule has 0 unspecified atom stereocenters. The van der Waals surface area contributed by atoms with Crippen molar-refractivity contribution in [3.63, 3.8) is 0 Å². The average molecular weight is 150 g/mol. The van der Waals surface area contributed by atoms with Crippen LogP contribution < -0.4 is 5.59 Å². The van der Waals surface area contributed by atoms with Crippen molar-refractivity contribution >= 4 is 12.7 Å². The molecule has 2 rings (SSSR count). The van der Waals surface area contributed by atoms with Gasteiger partial charge in [-0.3, -0.25) is 0 Å². The van der Waals surface area contributed by atoms with E-state index < -0.39 is 0 Å². The molecule has 0 aromatic carbocycles. The first-order valence-corrected chi connectivity index (χ1v) is 3.47. The van der Waals surface area contributed by atoms with Crippen molar-refractivity contribution in [3.8, 4) is 0 Å². The van der Waals surface area contributed by atoms with Crippen molar-refractivity contribution in [1.82, 2.24) is 10.2 Å². The van der Waals surface area contributed by atoms with Crippen molar-refractivity contribution in [3.05, 3.63) is 18.3 Å². The van der Waals surface area contributed by atoms with E-state index in [1.54, 1.807) is 6.20 Å². The Hall–Kier alpha value is -0.935. The van der Waals surface area contributed by atoms with Gasteiger partial charge in [0.05, 0.1) is 18.8 Å². The molecule has 0 N–H and O–H groups in total. The Morgan fingerprint density at radius 1 is 1.36 bits per heavy atom. The second-order valence-electron chi connectivity index (χ2n) is 2.22. The minimum absolute atomic E-state index is 0.302. The van der Waals surface area contributed by atoms with E-state index in [0.29, 0.717) is 13.2 Å². The van der Waals surface area contributed by atoms with Crippen LogP contribution in [0.1, 0.15) is 0 Å². The van der Waals surface area contributed by atoms with Crippen LogP contribution in [0.15, 0.2) is 18.3 Å². The fourth-order valence-electron chi connectivity index (χ4n) is 0.968. The zero-order valence-electron chi connectivity index (χ0n) is 5.93. The van der Waals surface area contributed by atoms with Crippen LogP contribution in [0, 0.1) is 0 Å². The van der Waals surface area contributed by atoms with Gasteiger partial charge in [0.1, 0.15) is 0 Å². The zero-order valence-corrected chi connectivity index (χ0v) is 5.93. The van der Waals surface area contributed by atoms with Gasteiger partial charge in [0.2, 0.25) is 0 Å². The van der Waals surface area contributed by atoms with E-state index in [9.17, 15) is 0 Å². The third-order valence-electron chi connectivity index (χ3n) is 1.46. The highest BCUT2D eigenvalue weighted by molar-refractivity contribution is 6.60. The number of rotatable bonds is 1. The quantitative estimate of drug-likeness (QED) is 0.492. The van der Waals surface area contributed by atoms with Gasteiger partial charge in [-0.15, -0.1) is 0 Å². The summed E-state index contributed by atoms with van der Waals surface area (Å²) in [5, 5.41) is 7.58. The maximum atomic E-state index is 5.21. The Kier molecular flexibility index (Phi) is 1.83. The Morgan fingerprint density at radius 2 is 2.18 bits per heavy atom. The van der Waals surface area contributed by atoms with Crippen molar-refractivity contribution in [2.75, 3.05) is 13.2 Å². The Bertz CT molecular complexity index is 225. The number of hydrogen-bond acceptors (Lipinski definition) is 4. The van der Waals surface area contributed by atoms with Crippen molar-refractivity contribution in [2.24, 2.45) is 0 Å². The lowest BCUT2D eigenvalue weighted by atomic mass is 9.85. The highest BCUT2D eigenvalue weighted by Crippen LogP contribution is 1.96. The van der Waals surface area contributed by atoms with E-state index in [0.717, 1.165) is 5.59 Å². The molecule has 56 valence electrons. The molecule has 1 aromatic heterocycles. The van der Waals surface area contributed by atoms with Gasteiger partial charge in [-0.2, -0.15) is 10.2 Å². The maximum absolute atomic E-state index is 5.21. The molecule has 1 aromatic rings. The molecule has 0 bridgehead atoms. The second kappa shape index (κ2) is 2.98. The topological polar surface area (TPSA) is 44.2 Å². The summed E-state index contributed by atoms with van der Waals surface area (Å²) in [6.45, 7) is 1.28. The fraction of sp³-hybridized carbons (Fsp3) is 0.333. The molecule has 2 heterocycles. The minimum atomic E-state index is -0.302. The van der Waals surface area contributed by atoms with Gasteiger partial charge in [-0.1, -0.05) is 0 Å². The molecule has 4 nitrogen and oxygen atoms in total. The molecule has 1 saturated heterocycles. The van der Waals surface area contributed by atoms with E-state index in [2.05, 4.69) is 10.2 Å². The standard InChI is InChI=1S/C6H7BN2O2/c1-2-6(9-8-3-1)7-10-4-5-11-7/h1-3H,4-5H2. The van der Waals surface area contributed by atoms with Crippen LogP contribution in [0.3, 0.4) is 0 Å². The molecule has 0 spiro atoms. The molecule has 0 amide bonds. The lowest BCUT2D eigenvalue weighted by Crippen LogP contribution is -2.34. The molecular formula is C6H7BN2O2. The van der Waals surface area contributed by atoms with Crippen LogP contribution in [0.5, 0.6) is 0 Å². The number of aromatic nitrogens is 2. The molecule has 1 fully saturated rings. The summed E-state index contributed by atoms with van der Waals surface area (Å²) in [6.07, 6.45) is 1.62. The van der Waals surface area contributed by atoms with Crippen LogP contribution in [0.4, 0.5) is 0 Å². The first-order chi connectivity index (χ1) is 5.47. The van der Waals surface area contributed by atoms with E-state index in [1.807, 2.05) is 12.1 Å². The summed E-state index contributed by atoms with van der Waals surface area (Å²) >= 11 is 0. The third-order valence-corrected chi connectivity index (χ3v) is 1.46. The van der Waals surface area contributed by atoms with Gasteiger partial charge in [0.15, 0.2) is 0 Å². The molecular weight excluding hydrogens is 143 g/mol. The summed E-state index contributed by atoms with van der Waals surface area (Å²) in [6, 6.07) is 3.65. The van der Waals surface area contributed by atoms with Gasteiger partial charge >= 0.3 is 7.12 Å². The molecule has 5 heteroatoms. The second-order valence-corrected chi connectivity index (χ2v) is 2.22. The summed E-state index contributed by atoms with van der Waals surface area (Å²) in [4.78, 5) is 0. The van der Waals surface area contributed by atoms with Gasteiger partial charge in [0, 0.05) is 6.20 Å². The van der Waals surface area contributed by atoms with E-state index in [-0.39, 0.29) is 7.12 Å². The predicted octanol–water partition coefficient (Wildman–Crippen LogP) is -0.781. The smallest absolute Gasteiger partial charge is 0.404 e. The van der Waals surface area contributed by atoms with Crippen LogP contribution in [0.2, 0.25) is 0 Å². The molecule has 0 atom stereocenters. The first kappa shape index (κ1) is 6.76. The maximum Gasteiger partial charge on any atom is 0.515 e. The van der Waals surface area contributed by atoms with Crippen LogP contribution in [-0.4, -0.2) is 30.5 Å². The minimum Gasteiger partial charge on any atom is -0.404 e. The largest absolute Gasteiger partial charge is 0.515 e. The van der Waals surface area contributed by atoms with Crippen LogP contribution >= 0.6 is 0 Å². The molecule has 1 aliphatic heterocycles. The van der Waals surface area contributed by atoms with Crippen LogP contribution in [-0.2, 0) is 9.31 Å². The zero-order chi connectivity index (χ0) is 7.52. The lowest BCUT2D eigenvalue weighted by molar-refractivity contribution is 0.365. The van der Waals surface area contributed by atoms with Gasteiger partial charge in [-0.05, 0) is 12.1 Å². The summed E-state index contributed by atoms with van der Waals surface area (Å²) in [5.74, 6) is 0. The van der Waals surface area contributed by atoms with Crippen molar-refractivity contribution < 1.29 is 9.31 Å². The van der Waals surface area contributed by atoms with Crippen LogP contribution in [0.25, 0.3) is 0 Å². The van der Waals surface area contributed by atoms with Crippen molar-refractivity contribution in [2.45, 2.75) is 0 Å². The molecule has 1 aliphatic rings. The highest BCUT2D eigenvalue weighted by Gasteiger charge is 2.27. The third kappa shape index (κ3) is 1.39. The van der Waals surface area contributed by atoms with Gasteiger partial charge in [-0.25, -0.2) is 0 Å². The van der Waals surface area contributed by atoms with E-state index >= 15 is 0 Å². The molecule has 0 aliphatic carbocycles. The predicted molar refractivity (Wildman–Crippen MR) is 39.3 cm³/mol. The van der Waals surface area contributed by atoms with E-state index in [4.69, 9.17) is 9.31 Å².